The summed E-state index contributed by atoms with van der Waals surface area (Å²) < 4.78 is 11.3. The normalized spacial score (nSPS) is 24.6. The SMILES string of the molecule is CCCCCN(CC1C=CC(C(=O)NC2CC=CC=C2N)=NC1)C(=O)NC1C=C2OCCOC2=CC1. The van der Waals surface area contributed by atoms with Gasteiger partial charge in [0, 0.05) is 31.2 Å². The van der Waals surface area contributed by atoms with Crippen molar-refractivity contribution in [2.24, 2.45) is 16.6 Å². The molecule has 0 spiro atoms. The van der Waals surface area contributed by atoms with Crippen LogP contribution in [0.1, 0.15) is 39.0 Å². The summed E-state index contributed by atoms with van der Waals surface area (Å²) in [7, 11) is 0. The van der Waals surface area contributed by atoms with Crippen LogP contribution in [0.25, 0.3) is 0 Å². The highest BCUT2D eigenvalue weighted by atomic mass is 16.6. The summed E-state index contributed by atoms with van der Waals surface area (Å²) in [4.78, 5) is 32.2. The zero-order valence-electron chi connectivity index (χ0n) is 20.9. The van der Waals surface area contributed by atoms with Crippen molar-refractivity contribution in [3.05, 3.63) is 59.7 Å². The molecule has 3 amide bonds. The Morgan fingerprint density at radius 2 is 2.00 bits per heavy atom. The topological polar surface area (TPSA) is 118 Å². The van der Waals surface area contributed by atoms with Crippen molar-refractivity contribution in [2.45, 2.75) is 51.1 Å². The Balaban J connectivity index is 1.31. The van der Waals surface area contributed by atoms with Crippen LogP contribution >= 0.6 is 0 Å². The molecule has 4 aliphatic rings. The second kappa shape index (κ2) is 12.5. The highest BCUT2D eigenvalue weighted by molar-refractivity contribution is 6.43. The number of unbranched alkanes of at least 4 members (excludes halogenated alkanes) is 2. The van der Waals surface area contributed by atoms with Crippen molar-refractivity contribution in [1.29, 1.82) is 0 Å². The van der Waals surface area contributed by atoms with Gasteiger partial charge in [-0.05, 0) is 43.6 Å². The van der Waals surface area contributed by atoms with Gasteiger partial charge in [-0.2, -0.15) is 0 Å². The number of hydrogen-bond donors (Lipinski definition) is 3. The van der Waals surface area contributed by atoms with Crippen molar-refractivity contribution in [2.75, 3.05) is 32.8 Å². The molecule has 2 aliphatic heterocycles. The first-order chi connectivity index (χ1) is 17.5. The van der Waals surface area contributed by atoms with Crippen LogP contribution in [0, 0.1) is 5.92 Å². The van der Waals surface area contributed by atoms with Crippen LogP contribution in [0.3, 0.4) is 0 Å². The molecular weight excluding hydrogens is 458 g/mol. The molecule has 3 unspecified atom stereocenters. The van der Waals surface area contributed by atoms with Gasteiger partial charge < -0.3 is 30.7 Å². The number of aliphatic imine (C=N–C) groups is 1. The minimum absolute atomic E-state index is 0.0443. The van der Waals surface area contributed by atoms with Crippen molar-refractivity contribution >= 4 is 17.6 Å². The molecule has 0 saturated carbocycles. The fourth-order valence-corrected chi connectivity index (χ4v) is 4.52. The molecule has 2 aliphatic carbocycles. The standard InChI is InChI=1S/C27H37N5O4/c1-2-3-6-13-32(27(34)30-20-10-12-24-25(16-20)36-15-14-35-24)18-19-9-11-23(29-17-19)26(33)31-22-8-5-4-7-21(22)28/h4-5,7,9,11-12,16,19-20,22H,2-3,6,8,10,13-15,17-18,28H2,1H3,(H,30,34)(H,31,33). The zero-order valence-corrected chi connectivity index (χ0v) is 20.9. The number of ether oxygens (including phenoxy) is 2. The van der Waals surface area contributed by atoms with E-state index in [1.807, 2.05) is 35.3 Å². The Bertz CT molecular complexity index is 1010. The van der Waals surface area contributed by atoms with E-state index in [0.717, 1.165) is 25.0 Å². The number of nitrogens with one attached hydrogen (secondary N) is 2. The van der Waals surface area contributed by atoms with E-state index in [0.29, 0.717) is 62.9 Å². The zero-order chi connectivity index (χ0) is 25.3. The molecule has 0 aromatic carbocycles. The largest absolute Gasteiger partial charge is 0.486 e. The fourth-order valence-electron chi connectivity index (χ4n) is 4.52. The van der Waals surface area contributed by atoms with E-state index in [1.165, 1.54) is 0 Å². The van der Waals surface area contributed by atoms with Crippen LogP contribution in [-0.2, 0) is 14.3 Å². The first-order valence-corrected chi connectivity index (χ1v) is 12.9. The van der Waals surface area contributed by atoms with E-state index in [2.05, 4.69) is 22.5 Å². The smallest absolute Gasteiger partial charge is 0.317 e. The molecule has 9 nitrogen and oxygen atoms in total. The summed E-state index contributed by atoms with van der Waals surface area (Å²) in [5, 5.41) is 6.07. The van der Waals surface area contributed by atoms with Gasteiger partial charge in [0.2, 0.25) is 0 Å². The summed E-state index contributed by atoms with van der Waals surface area (Å²) in [6.07, 6.45) is 17.7. The number of carbonyl (C=O) groups excluding carboxylic acids is 2. The summed E-state index contributed by atoms with van der Waals surface area (Å²) in [6, 6.07) is -0.451. The predicted octanol–water partition coefficient (Wildman–Crippen LogP) is 2.69. The van der Waals surface area contributed by atoms with E-state index in [9.17, 15) is 9.59 Å². The fraction of sp³-hybridized carbons (Fsp3) is 0.519. The van der Waals surface area contributed by atoms with Gasteiger partial charge in [0.25, 0.3) is 5.91 Å². The Labute approximate surface area is 212 Å². The number of nitrogens with two attached hydrogens (primary N) is 1. The van der Waals surface area contributed by atoms with Gasteiger partial charge in [-0.1, -0.05) is 38.0 Å². The molecule has 1 fully saturated rings. The lowest BCUT2D eigenvalue weighted by atomic mass is 10.0. The molecule has 0 radical (unpaired) electrons. The maximum atomic E-state index is 13.2. The number of nitrogens with zero attached hydrogens (tertiary/aromatic N) is 2. The Hall–Kier alpha value is -3.49. The van der Waals surface area contributed by atoms with E-state index < -0.39 is 0 Å². The third-order valence-electron chi connectivity index (χ3n) is 6.59. The van der Waals surface area contributed by atoms with E-state index in [1.54, 1.807) is 12.2 Å². The average Bonchev–Trinajstić information content (AvgIpc) is 2.90. The van der Waals surface area contributed by atoms with Crippen LogP contribution in [-0.4, -0.2) is 67.5 Å². The van der Waals surface area contributed by atoms with E-state index in [4.69, 9.17) is 15.2 Å². The molecular formula is C27H37N5O4. The third kappa shape index (κ3) is 6.80. The quantitative estimate of drug-likeness (QED) is 0.425. The van der Waals surface area contributed by atoms with Crippen LogP contribution in [0.2, 0.25) is 0 Å². The lowest BCUT2D eigenvalue weighted by Crippen LogP contribution is -2.47. The molecule has 4 N–H and O–H groups in total. The van der Waals surface area contributed by atoms with Gasteiger partial charge in [0.15, 0.2) is 11.5 Å². The van der Waals surface area contributed by atoms with Crippen molar-refractivity contribution in [3.63, 3.8) is 0 Å². The minimum Gasteiger partial charge on any atom is -0.486 e. The number of allylic oxidation sites excluding steroid dienone is 2. The third-order valence-corrected chi connectivity index (χ3v) is 6.59. The maximum Gasteiger partial charge on any atom is 0.317 e. The maximum absolute atomic E-state index is 13.2. The van der Waals surface area contributed by atoms with Gasteiger partial charge in [0.05, 0.1) is 12.1 Å². The molecule has 9 heteroatoms. The van der Waals surface area contributed by atoms with Crippen LogP contribution in [0.5, 0.6) is 0 Å². The predicted molar refractivity (Wildman–Crippen MR) is 139 cm³/mol. The van der Waals surface area contributed by atoms with Crippen molar-refractivity contribution in [3.8, 4) is 0 Å². The lowest BCUT2D eigenvalue weighted by Gasteiger charge is -2.30. The first kappa shape index (κ1) is 25.6. The Kier molecular flexibility index (Phi) is 8.86. The number of hydrogen-bond acceptors (Lipinski definition) is 6. The van der Waals surface area contributed by atoms with Gasteiger partial charge in [0.1, 0.15) is 18.9 Å². The summed E-state index contributed by atoms with van der Waals surface area (Å²) >= 11 is 0. The second-order valence-corrected chi connectivity index (χ2v) is 9.44. The van der Waals surface area contributed by atoms with Crippen LogP contribution in [0.4, 0.5) is 4.79 Å². The lowest BCUT2D eigenvalue weighted by molar-refractivity contribution is -0.115. The second-order valence-electron chi connectivity index (χ2n) is 9.44. The highest BCUT2D eigenvalue weighted by Crippen LogP contribution is 2.24. The number of rotatable bonds is 9. The van der Waals surface area contributed by atoms with Gasteiger partial charge in [-0.3, -0.25) is 9.79 Å². The molecule has 1 saturated heterocycles. The molecule has 0 bridgehead atoms. The van der Waals surface area contributed by atoms with Gasteiger partial charge in [-0.15, -0.1) is 0 Å². The molecule has 3 atom stereocenters. The average molecular weight is 496 g/mol. The minimum atomic E-state index is -0.231. The Morgan fingerprint density at radius 1 is 1.17 bits per heavy atom. The molecule has 4 rings (SSSR count). The van der Waals surface area contributed by atoms with Crippen LogP contribution in [0.15, 0.2) is 64.7 Å². The summed E-state index contributed by atoms with van der Waals surface area (Å²) in [6.45, 7) is 4.88. The van der Waals surface area contributed by atoms with Crippen LogP contribution < -0.4 is 16.4 Å². The van der Waals surface area contributed by atoms with Gasteiger partial charge >= 0.3 is 6.03 Å². The molecule has 36 heavy (non-hydrogen) atoms. The number of fused-ring (bicyclic) bond motifs is 1. The number of amides is 3. The highest BCUT2D eigenvalue weighted by Gasteiger charge is 2.26. The van der Waals surface area contributed by atoms with E-state index in [-0.39, 0.29) is 29.9 Å². The molecule has 0 aromatic rings. The molecule has 2 heterocycles. The van der Waals surface area contributed by atoms with Gasteiger partial charge in [-0.25, -0.2) is 4.79 Å². The molecule has 194 valence electrons. The Morgan fingerprint density at radius 3 is 2.75 bits per heavy atom. The number of urea groups is 1. The first-order valence-electron chi connectivity index (χ1n) is 12.9. The van der Waals surface area contributed by atoms with Crippen molar-refractivity contribution < 1.29 is 19.1 Å². The number of carbonyl (C=O) groups is 2. The number of dihydropyridines is 1. The van der Waals surface area contributed by atoms with E-state index >= 15 is 0 Å². The summed E-state index contributed by atoms with van der Waals surface area (Å²) in [5.74, 6) is 1.27. The van der Waals surface area contributed by atoms with Crippen molar-refractivity contribution in [1.82, 2.24) is 15.5 Å². The molecule has 0 aromatic heterocycles. The summed E-state index contributed by atoms with van der Waals surface area (Å²) in [5.41, 5.74) is 7.02. The monoisotopic (exact) mass is 495 g/mol.